The Bertz CT molecular complexity index is 215. The monoisotopic (exact) mass is 285 g/mol. The molecule has 1 unspecified atom stereocenters. The minimum Gasteiger partial charge on any atom is -0.341 e. The molecule has 1 aliphatic rings. The van der Waals surface area contributed by atoms with Crippen LogP contribution < -0.4 is 5.73 Å². The highest BCUT2D eigenvalue weighted by atomic mass is 35.5. The second kappa shape index (κ2) is 9.95. The highest BCUT2D eigenvalue weighted by Gasteiger charge is 2.24. The topological polar surface area (TPSA) is 49.6 Å². The van der Waals surface area contributed by atoms with Crippen molar-refractivity contribution in [2.75, 3.05) is 33.7 Å². The zero-order valence-corrected chi connectivity index (χ0v) is 12.4. The van der Waals surface area contributed by atoms with E-state index in [0.717, 1.165) is 25.9 Å². The fourth-order valence-electron chi connectivity index (χ4n) is 2.01. The van der Waals surface area contributed by atoms with Gasteiger partial charge in [0, 0.05) is 25.6 Å². The molecule has 1 saturated heterocycles. The summed E-state index contributed by atoms with van der Waals surface area (Å²) >= 11 is 0. The first kappa shape index (κ1) is 19.3. The van der Waals surface area contributed by atoms with Crippen LogP contribution in [0.3, 0.4) is 0 Å². The molecule has 4 nitrogen and oxygen atoms in total. The van der Waals surface area contributed by atoms with E-state index in [-0.39, 0.29) is 30.7 Å². The maximum atomic E-state index is 11.8. The van der Waals surface area contributed by atoms with Crippen LogP contribution in [-0.4, -0.2) is 55.5 Å². The Morgan fingerprint density at radius 2 is 2.06 bits per heavy atom. The number of hydrogen-bond acceptors (Lipinski definition) is 3. The first-order valence-electron chi connectivity index (χ1n) is 5.79. The van der Waals surface area contributed by atoms with E-state index in [9.17, 15) is 4.79 Å². The number of rotatable bonds is 4. The highest BCUT2D eigenvalue weighted by molar-refractivity contribution is 5.85. The molecule has 0 aliphatic carbocycles. The fraction of sp³-hybridized carbons (Fsp3) is 0.909. The van der Waals surface area contributed by atoms with E-state index < -0.39 is 0 Å². The Morgan fingerprint density at radius 1 is 1.41 bits per heavy atom. The van der Waals surface area contributed by atoms with Gasteiger partial charge in [0.05, 0.1) is 0 Å². The molecular formula is C11H25Cl2N3O. The molecule has 0 radical (unpaired) electrons. The van der Waals surface area contributed by atoms with Gasteiger partial charge < -0.3 is 15.5 Å². The highest BCUT2D eigenvalue weighted by Crippen LogP contribution is 2.14. The molecule has 1 amide bonds. The summed E-state index contributed by atoms with van der Waals surface area (Å²) in [7, 11) is 4.16. The molecule has 2 N–H and O–H groups in total. The summed E-state index contributed by atoms with van der Waals surface area (Å²) in [6.07, 6.45) is 3.74. The summed E-state index contributed by atoms with van der Waals surface area (Å²) in [5.41, 5.74) is 5.40. The van der Waals surface area contributed by atoms with Crippen molar-refractivity contribution in [2.24, 2.45) is 5.73 Å². The van der Waals surface area contributed by atoms with Crippen molar-refractivity contribution in [3.05, 3.63) is 0 Å². The van der Waals surface area contributed by atoms with Crippen LogP contribution in [0.25, 0.3) is 0 Å². The molecule has 0 saturated carbocycles. The van der Waals surface area contributed by atoms with Crippen molar-refractivity contribution in [1.82, 2.24) is 9.80 Å². The SMILES string of the molecule is CN(C)C1CCCN(C(=O)CCCN)C1.Cl.Cl. The standard InChI is InChI=1S/C11H23N3O.2ClH/c1-13(2)10-5-4-8-14(9-10)11(15)6-3-7-12;;/h10H,3-9,12H2,1-2H3;2*1H. The molecular weight excluding hydrogens is 261 g/mol. The molecule has 0 aromatic rings. The normalized spacial score (nSPS) is 19.5. The zero-order chi connectivity index (χ0) is 11.3. The van der Waals surface area contributed by atoms with Crippen LogP contribution in [0.1, 0.15) is 25.7 Å². The van der Waals surface area contributed by atoms with Crippen molar-refractivity contribution in [3.63, 3.8) is 0 Å². The number of likely N-dealkylation sites (tertiary alicyclic amines) is 1. The van der Waals surface area contributed by atoms with Crippen molar-refractivity contribution < 1.29 is 4.79 Å². The van der Waals surface area contributed by atoms with Gasteiger partial charge >= 0.3 is 0 Å². The van der Waals surface area contributed by atoms with E-state index in [2.05, 4.69) is 19.0 Å². The van der Waals surface area contributed by atoms with Gasteiger partial charge in [0.2, 0.25) is 5.91 Å². The number of likely N-dealkylation sites (N-methyl/N-ethyl adjacent to an activating group) is 1. The Balaban J connectivity index is 0. The smallest absolute Gasteiger partial charge is 0.222 e. The summed E-state index contributed by atoms with van der Waals surface area (Å²) in [4.78, 5) is 16.0. The molecule has 6 heteroatoms. The minimum atomic E-state index is 0. The van der Waals surface area contributed by atoms with Crippen molar-refractivity contribution >= 4 is 30.7 Å². The van der Waals surface area contributed by atoms with E-state index in [1.807, 2.05) is 4.90 Å². The number of hydrogen-bond donors (Lipinski definition) is 1. The predicted molar refractivity (Wildman–Crippen MR) is 76.1 cm³/mol. The minimum absolute atomic E-state index is 0. The number of carbonyl (C=O) groups is 1. The van der Waals surface area contributed by atoms with Gasteiger partial charge in [-0.05, 0) is 39.9 Å². The molecule has 17 heavy (non-hydrogen) atoms. The number of piperidine rings is 1. The average molecular weight is 286 g/mol. The van der Waals surface area contributed by atoms with E-state index in [0.29, 0.717) is 19.0 Å². The third-order valence-electron chi connectivity index (χ3n) is 3.07. The van der Waals surface area contributed by atoms with Gasteiger partial charge in [0.15, 0.2) is 0 Å². The van der Waals surface area contributed by atoms with Gasteiger partial charge in [0.1, 0.15) is 0 Å². The first-order chi connectivity index (χ1) is 7.15. The largest absolute Gasteiger partial charge is 0.341 e. The quantitative estimate of drug-likeness (QED) is 0.842. The van der Waals surface area contributed by atoms with E-state index in [1.165, 1.54) is 6.42 Å². The lowest BCUT2D eigenvalue weighted by molar-refractivity contribution is -0.133. The number of amides is 1. The Morgan fingerprint density at radius 3 is 2.59 bits per heavy atom. The van der Waals surface area contributed by atoms with Crippen LogP contribution >= 0.6 is 24.8 Å². The van der Waals surface area contributed by atoms with Gasteiger partial charge in [0.25, 0.3) is 0 Å². The van der Waals surface area contributed by atoms with Crippen LogP contribution in [0.15, 0.2) is 0 Å². The van der Waals surface area contributed by atoms with Crippen molar-refractivity contribution in [1.29, 1.82) is 0 Å². The Labute approximate surface area is 117 Å². The third-order valence-corrected chi connectivity index (χ3v) is 3.07. The zero-order valence-electron chi connectivity index (χ0n) is 10.7. The molecule has 1 aliphatic heterocycles. The van der Waals surface area contributed by atoms with Gasteiger partial charge in [-0.1, -0.05) is 0 Å². The molecule has 1 heterocycles. The van der Waals surface area contributed by atoms with Crippen LogP contribution in [0, 0.1) is 0 Å². The maximum Gasteiger partial charge on any atom is 0.222 e. The number of nitrogens with two attached hydrogens (primary N) is 1. The molecule has 1 rings (SSSR count). The number of nitrogens with zero attached hydrogens (tertiary/aromatic N) is 2. The summed E-state index contributed by atoms with van der Waals surface area (Å²) in [5, 5.41) is 0. The lowest BCUT2D eigenvalue weighted by Gasteiger charge is -2.36. The number of carbonyl (C=O) groups excluding carboxylic acids is 1. The van der Waals surface area contributed by atoms with Gasteiger partial charge in [-0.3, -0.25) is 4.79 Å². The van der Waals surface area contributed by atoms with Crippen molar-refractivity contribution in [3.8, 4) is 0 Å². The van der Waals surface area contributed by atoms with Crippen LogP contribution in [0.5, 0.6) is 0 Å². The molecule has 0 bridgehead atoms. The van der Waals surface area contributed by atoms with Gasteiger partial charge in [-0.2, -0.15) is 0 Å². The average Bonchev–Trinajstić information content (AvgIpc) is 2.26. The Kier molecular flexibility index (Phi) is 11.3. The van der Waals surface area contributed by atoms with Crippen LogP contribution in [0.2, 0.25) is 0 Å². The lowest BCUT2D eigenvalue weighted by Crippen LogP contribution is -2.47. The summed E-state index contributed by atoms with van der Waals surface area (Å²) in [6, 6.07) is 0.528. The van der Waals surface area contributed by atoms with Crippen molar-refractivity contribution in [2.45, 2.75) is 31.7 Å². The van der Waals surface area contributed by atoms with Gasteiger partial charge in [-0.25, -0.2) is 0 Å². The summed E-state index contributed by atoms with van der Waals surface area (Å²) in [6.45, 7) is 2.42. The maximum absolute atomic E-state index is 11.8. The Hall–Kier alpha value is -0.0300. The molecule has 104 valence electrons. The first-order valence-corrected chi connectivity index (χ1v) is 5.79. The van der Waals surface area contributed by atoms with E-state index >= 15 is 0 Å². The lowest BCUT2D eigenvalue weighted by atomic mass is 10.0. The predicted octanol–water partition coefficient (Wildman–Crippen LogP) is 1.12. The molecule has 0 aromatic carbocycles. The second-order valence-electron chi connectivity index (χ2n) is 4.49. The summed E-state index contributed by atoms with van der Waals surface area (Å²) in [5.74, 6) is 0.270. The van der Waals surface area contributed by atoms with Crippen LogP contribution in [0.4, 0.5) is 0 Å². The molecule has 0 aromatic heterocycles. The number of halogens is 2. The van der Waals surface area contributed by atoms with Gasteiger partial charge in [-0.15, -0.1) is 24.8 Å². The van der Waals surface area contributed by atoms with E-state index in [4.69, 9.17) is 5.73 Å². The molecule has 1 fully saturated rings. The molecule has 1 atom stereocenters. The summed E-state index contributed by atoms with van der Waals surface area (Å²) < 4.78 is 0. The van der Waals surface area contributed by atoms with E-state index in [1.54, 1.807) is 0 Å². The second-order valence-corrected chi connectivity index (χ2v) is 4.49. The third kappa shape index (κ3) is 6.46. The molecule has 0 spiro atoms. The van der Waals surface area contributed by atoms with Crippen LogP contribution in [-0.2, 0) is 4.79 Å². The fourth-order valence-corrected chi connectivity index (χ4v) is 2.01.